The third kappa shape index (κ3) is 2.04. The van der Waals surface area contributed by atoms with E-state index in [4.69, 9.17) is 9.47 Å². The van der Waals surface area contributed by atoms with Crippen LogP contribution < -0.4 is 0 Å². The van der Waals surface area contributed by atoms with Crippen LogP contribution in [0.4, 0.5) is 0 Å². The van der Waals surface area contributed by atoms with E-state index in [-0.39, 0.29) is 23.7 Å². The van der Waals surface area contributed by atoms with E-state index in [0.717, 1.165) is 12.0 Å². The Kier molecular flexibility index (Phi) is 2.69. The highest BCUT2D eigenvalue weighted by atomic mass is 16.8. The molecule has 1 aliphatic heterocycles. The zero-order valence-electron chi connectivity index (χ0n) is 10.8. The van der Waals surface area contributed by atoms with Crippen molar-refractivity contribution in [1.29, 1.82) is 0 Å². The van der Waals surface area contributed by atoms with Crippen LogP contribution in [0.3, 0.4) is 0 Å². The molecule has 0 aromatic rings. The average Bonchev–Trinajstić information content (AvgIpc) is 2.37. The molecule has 0 bridgehead atoms. The maximum absolute atomic E-state index is 10.00. The zero-order chi connectivity index (χ0) is 12.1. The Morgan fingerprint density at radius 2 is 1.88 bits per heavy atom. The highest BCUT2D eigenvalue weighted by Gasteiger charge is 2.49. The molecule has 1 N–H and O–H groups in total. The van der Waals surface area contributed by atoms with E-state index in [9.17, 15) is 5.11 Å². The second kappa shape index (κ2) is 3.56. The van der Waals surface area contributed by atoms with Crippen LogP contribution in [-0.2, 0) is 9.47 Å². The summed E-state index contributed by atoms with van der Waals surface area (Å²) in [4.78, 5) is 0. The smallest absolute Gasteiger partial charge is 0.164 e. The standard InChI is InChI=1S/C13H22O3/c1-8-6-10-11(16-13(4,5)15-10)12(2,3)7-9(8)14/h6,9-11,14H,7H2,1-5H3. The molecule has 3 unspecified atom stereocenters. The molecule has 1 aliphatic carbocycles. The lowest BCUT2D eigenvalue weighted by molar-refractivity contribution is -0.156. The molecule has 1 heterocycles. The molecule has 1 fully saturated rings. The SMILES string of the molecule is CC1=CC2OC(C)(C)OC2C(C)(C)CC1O. The minimum Gasteiger partial charge on any atom is -0.389 e. The lowest BCUT2D eigenvalue weighted by atomic mass is 9.80. The first-order valence-electron chi connectivity index (χ1n) is 5.93. The van der Waals surface area contributed by atoms with E-state index in [1.54, 1.807) is 0 Å². The van der Waals surface area contributed by atoms with Crippen LogP contribution in [0.25, 0.3) is 0 Å². The highest BCUT2D eigenvalue weighted by molar-refractivity contribution is 5.16. The Bertz CT molecular complexity index is 317. The molecule has 0 amide bonds. The van der Waals surface area contributed by atoms with Gasteiger partial charge in [0.25, 0.3) is 0 Å². The van der Waals surface area contributed by atoms with Gasteiger partial charge in [-0.25, -0.2) is 0 Å². The summed E-state index contributed by atoms with van der Waals surface area (Å²) in [7, 11) is 0. The molecule has 0 aromatic carbocycles. The van der Waals surface area contributed by atoms with Crippen molar-refractivity contribution in [2.24, 2.45) is 5.41 Å². The molecule has 0 spiro atoms. The first-order valence-corrected chi connectivity index (χ1v) is 5.93. The largest absolute Gasteiger partial charge is 0.389 e. The summed E-state index contributed by atoms with van der Waals surface area (Å²) in [5.74, 6) is -0.522. The molecule has 0 saturated carbocycles. The van der Waals surface area contributed by atoms with Crippen LogP contribution in [0.15, 0.2) is 11.6 Å². The summed E-state index contributed by atoms with van der Waals surface area (Å²) in [6.45, 7) is 10.1. The molecule has 2 rings (SSSR count). The van der Waals surface area contributed by atoms with Gasteiger partial charge in [0.15, 0.2) is 5.79 Å². The Morgan fingerprint density at radius 3 is 2.50 bits per heavy atom. The van der Waals surface area contributed by atoms with Gasteiger partial charge < -0.3 is 14.6 Å². The van der Waals surface area contributed by atoms with Crippen molar-refractivity contribution in [1.82, 2.24) is 0 Å². The van der Waals surface area contributed by atoms with Gasteiger partial charge in [0.05, 0.1) is 12.2 Å². The molecule has 3 atom stereocenters. The van der Waals surface area contributed by atoms with E-state index in [2.05, 4.69) is 13.8 Å². The maximum atomic E-state index is 10.00. The van der Waals surface area contributed by atoms with Crippen LogP contribution in [0.1, 0.15) is 41.0 Å². The fourth-order valence-electron chi connectivity index (χ4n) is 2.66. The third-order valence-corrected chi connectivity index (χ3v) is 3.57. The number of ether oxygens (including phenoxy) is 2. The number of aliphatic hydroxyl groups is 1. The molecule has 3 heteroatoms. The summed E-state index contributed by atoms with van der Waals surface area (Å²) < 4.78 is 11.8. The van der Waals surface area contributed by atoms with Gasteiger partial charge in [0, 0.05) is 0 Å². The quantitative estimate of drug-likeness (QED) is 0.644. The number of hydrogen-bond donors (Lipinski definition) is 1. The van der Waals surface area contributed by atoms with Crippen molar-refractivity contribution >= 4 is 0 Å². The summed E-state index contributed by atoms with van der Waals surface area (Å²) in [6.07, 6.45) is 2.34. The molecule has 0 aromatic heterocycles. The van der Waals surface area contributed by atoms with Crippen molar-refractivity contribution in [2.75, 3.05) is 0 Å². The zero-order valence-corrected chi connectivity index (χ0v) is 10.8. The Hall–Kier alpha value is -0.380. The van der Waals surface area contributed by atoms with Gasteiger partial charge in [0.1, 0.15) is 6.10 Å². The first kappa shape index (κ1) is 12.1. The molecule has 1 saturated heterocycles. The van der Waals surface area contributed by atoms with E-state index in [0.29, 0.717) is 0 Å². The van der Waals surface area contributed by atoms with Crippen molar-refractivity contribution in [2.45, 2.75) is 65.1 Å². The molecule has 92 valence electrons. The van der Waals surface area contributed by atoms with Crippen LogP contribution in [0, 0.1) is 5.41 Å². The maximum Gasteiger partial charge on any atom is 0.164 e. The van der Waals surface area contributed by atoms with Gasteiger partial charge in [-0.3, -0.25) is 0 Å². The van der Waals surface area contributed by atoms with Crippen LogP contribution >= 0.6 is 0 Å². The monoisotopic (exact) mass is 226 g/mol. The lowest BCUT2D eigenvalue weighted by Gasteiger charge is -2.32. The number of rotatable bonds is 0. The van der Waals surface area contributed by atoms with Crippen LogP contribution in [-0.4, -0.2) is 29.2 Å². The fraction of sp³-hybridized carbons (Fsp3) is 0.846. The number of hydrogen-bond acceptors (Lipinski definition) is 3. The molecular weight excluding hydrogens is 204 g/mol. The predicted octanol–water partition coefficient (Wildman–Crippen LogP) is 2.24. The Labute approximate surface area is 97.4 Å². The van der Waals surface area contributed by atoms with E-state index >= 15 is 0 Å². The first-order chi connectivity index (χ1) is 7.21. The Balaban J connectivity index is 2.33. The molecule has 3 nitrogen and oxygen atoms in total. The topological polar surface area (TPSA) is 38.7 Å². The van der Waals surface area contributed by atoms with Crippen molar-refractivity contribution in [3.8, 4) is 0 Å². The Morgan fingerprint density at radius 1 is 1.25 bits per heavy atom. The lowest BCUT2D eigenvalue weighted by Crippen LogP contribution is -2.37. The van der Waals surface area contributed by atoms with Gasteiger partial charge in [-0.1, -0.05) is 19.9 Å². The average molecular weight is 226 g/mol. The van der Waals surface area contributed by atoms with E-state index < -0.39 is 5.79 Å². The second-order valence-electron chi connectivity index (χ2n) is 6.14. The minimum atomic E-state index is -0.522. The van der Waals surface area contributed by atoms with Gasteiger partial charge >= 0.3 is 0 Å². The highest BCUT2D eigenvalue weighted by Crippen LogP contribution is 2.44. The van der Waals surface area contributed by atoms with E-state index in [1.165, 1.54) is 0 Å². The minimum absolute atomic E-state index is 0.0228. The van der Waals surface area contributed by atoms with Crippen molar-refractivity contribution < 1.29 is 14.6 Å². The molecule has 16 heavy (non-hydrogen) atoms. The normalized spacial score (nSPS) is 41.1. The summed E-state index contributed by atoms with van der Waals surface area (Å²) in [6, 6.07) is 0. The number of aliphatic hydroxyl groups excluding tert-OH is 1. The molecule has 0 radical (unpaired) electrons. The van der Waals surface area contributed by atoms with Crippen molar-refractivity contribution in [3.05, 3.63) is 11.6 Å². The summed E-state index contributed by atoms with van der Waals surface area (Å²) in [5, 5.41) is 10.00. The van der Waals surface area contributed by atoms with Crippen LogP contribution in [0.5, 0.6) is 0 Å². The summed E-state index contributed by atoms with van der Waals surface area (Å²) >= 11 is 0. The summed E-state index contributed by atoms with van der Waals surface area (Å²) in [5.41, 5.74) is 0.911. The van der Waals surface area contributed by atoms with Crippen LogP contribution in [0.2, 0.25) is 0 Å². The predicted molar refractivity (Wildman–Crippen MR) is 62.0 cm³/mol. The third-order valence-electron chi connectivity index (χ3n) is 3.57. The van der Waals surface area contributed by atoms with Crippen molar-refractivity contribution in [3.63, 3.8) is 0 Å². The van der Waals surface area contributed by atoms with Gasteiger partial charge in [-0.15, -0.1) is 0 Å². The van der Waals surface area contributed by atoms with Gasteiger partial charge in [-0.05, 0) is 38.2 Å². The van der Waals surface area contributed by atoms with Gasteiger partial charge in [-0.2, -0.15) is 0 Å². The second-order valence-corrected chi connectivity index (χ2v) is 6.14. The fourth-order valence-corrected chi connectivity index (χ4v) is 2.66. The van der Waals surface area contributed by atoms with E-state index in [1.807, 2.05) is 26.8 Å². The molecule has 2 aliphatic rings. The van der Waals surface area contributed by atoms with Gasteiger partial charge in [0.2, 0.25) is 0 Å². The number of fused-ring (bicyclic) bond motifs is 1. The molecular formula is C13H22O3.